The standard InChI is InChI=1S/C12H17N5O3S/c1-3-6(4-2)10-16-17-12(21-10)14-8(18)5-7-9(19)15-11(20)13-7/h6-7H,3-5H2,1-2H3,(H,14,17,18)(H2,13,15,19,20). The van der Waals surface area contributed by atoms with Crippen LogP contribution in [-0.4, -0.2) is 34.1 Å². The average molecular weight is 311 g/mol. The van der Waals surface area contributed by atoms with Crippen molar-refractivity contribution < 1.29 is 14.4 Å². The summed E-state index contributed by atoms with van der Waals surface area (Å²) in [4.78, 5) is 34.1. The van der Waals surface area contributed by atoms with E-state index >= 15 is 0 Å². The van der Waals surface area contributed by atoms with E-state index < -0.39 is 18.0 Å². The summed E-state index contributed by atoms with van der Waals surface area (Å²) in [6, 6.07) is -1.41. The quantitative estimate of drug-likeness (QED) is 0.678. The highest BCUT2D eigenvalue weighted by Gasteiger charge is 2.31. The van der Waals surface area contributed by atoms with Crippen LogP contribution in [0.5, 0.6) is 0 Å². The van der Waals surface area contributed by atoms with Gasteiger partial charge in [-0.3, -0.25) is 14.9 Å². The molecule has 2 heterocycles. The maximum absolute atomic E-state index is 11.8. The smallest absolute Gasteiger partial charge is 0.322 e. The number of anilines is 1. The van der Waals surface area contributed by atoms with Crippen LogP contribution in [0.2, 0.25) is 0 Å². The average Bonchev–Trinajstić information content (AvgIpc) is 2.99. The van der Waals surface area contributed by atoms with Crippen molar-refractivity contribution in [2.75, 3.05) is 5.32 Å². The molecule has 1 aliphatic rings. The molecule has 0 bridgehead atoms. The largest absolute Gasteiger partial charge is 0.325 e. The van der Waals surface area contributed by atoms with Crippen molar-refractivity contribution in [3.8, 4) is 0 Å². The molecular weight excluding hydrogens is 294 g/mol. The summed E-state index contributed by atoms with van der Waals surface area (Å²) in [5.41, 5.74) is 0. The molecule has 1 saturated heterocycles. The van der Waals surface area contributed by atoms with Gasteiger partial charge >= 0.3 is 6.03 Å². The molecule has 1 fully saturated rings. The predicted octanol–water partition coefficient (Wildman–Crippen LogP) is 0.978. The lowest BCUT2D eigenvalue weighted by Gasteiger charge is -2.06. The van der Waals surface area contributed by atoms with E-state index in [1.54, 1.807) is 0 Å². The summed E-state index contributed by atoms with van der Waals surface area (Å²) >= 11 is 1.34. The Bertz CT molecular complexity index is 555. The summed E-state index contributed by atoms with van der Waals surface area (Å²) in [7, 11) is 0. The van der Waals surface area contributed by atoms with Gasteiger partial charge in [0.2, 0.25) is 11.0 Å². The second-order valence-corrected chi connectivity index (χ2v) is 5.74. The Morgan fingerprint density at radius 3 is 2.62 bits per heavy atom. The molecule has 1 aromatic heterocycles. The highest BCUT2D eigenvalue weighted by atomic mass is 32.1. The number of nitrogens with one attached hydrogen (secondary N) is 3. The van der Waals surface area contributed by atoms with Gasteiger partial charge in [-0.2, -0.15) is 0 Å². The Balaban J connectivity index is 1.91. The second-order valence-electron chi connectivity index (χ2n) is 4.73. The lowest BCUT2D eigenvalue weighted by molar-refractivity contribution is -0.124. The minimum absolute atomic E-state index is 0.128. The van der Waals surface area contributed by atoms with Crippen LogP contribution in [-0.2, 0) is 9.59 Å². The second kappa shape index (κ2) is 6.61. The number of hydrogen-bond donors (Lipinski definition) is 3. The van der Waals surface area contributed by atoms with Gasteiger partial charge in [-0.05, 0) is 12.8 Å². The van der Waals surface area contributed by atoms with E-state index in [0.29, 0.717) is 11.0 Å². The molecule has 1 atom stereocenters. The minimum Gasteiger partial charge on any atom is -0.325 e. The van der Waals surface area contributed by atoms with Gasteiger partial charge in [-0.1, -0.05) is 25.2 Å². The summed E-state index contributed by atoms with van der Waals surface area (Å²) in [6.07, 6.45) is 1.80. The number of hydrogen-bond acceptors (Lipinski definition) is 6. The Morgan fingerprint density at radius 1 is 1.33 bits per heavy atom. The minimum atomic E-state index is -0.830. The lowest BCUT2D eigenvalue weighted by atomic mass is 10.1. The molecule has 0 aromatic carbocycles. The van der Waals surface area contributed by atoms with Crippen molar-refractivity contribution >= 4 is 34.3 Å². The molecule has 0 spiro atoms. The van der Waals surface area contributed by atoms with Crippen LogP contribution in [0.3, 0.4) is 0 Å². The van der Waals surface area contributed by atoms with Crippen LogP contribution < -0.4 is 16.0 Å². The molecule has 8 nitrogen and oxygen atoms in total. The first-order valence-corrected chi connectivity index (χ1v) is 7.59. The fraction of sp³-hybridized carbons (Fsp3) is 0.583. The van der Waals surface area contributed by atoms with Crippen molar-refractivity contribution in [2.45, 2.75) is 45.1 Å². The number of urea groups is 1. The number of carbonyl (C=O) groups is 3. The van der Waals surface area contributed by atoms with Crippen LogP contribution in [0.4, 0.5) is 9.93 Å². The van der Waals surface area contributed by atoms with Gasteiger partial charge in [0.25, 0.3) is 5.91 Å². The van der Waals surface area contributed by atoms with Gasteiger partial charge in [0.05, 0.1) is 6.42 Å². The predicted molar refractivity (Wildman–Crippen MR) is 76.9 cm³/mol. The molecule has 4 amide bonds. The van der Waals surface area contributed by atoms with Gasteiger partial charge in [0.1, 0.15) is 11.0 Å². The van der Waals surface area contributed by atoms with Crippen molar-refractivity contribution in [2.24, 2.45) is 0 Å². The zero-order chi connectivity index (χ0) is 15.4. The first kappa shape index (κ1) is 15.4. The molecule has 9 heteroatoms. The van der Waals surface area contributed by atoms with Crippen LogP contribution in [0.1, 0.15) is 44.0 Å². The third kappa shape index (κ3) is 3.75. The van der Waals surface area contributed by atoms with Crippen LogP contribution in [0.15, 0.2) is 0 Å². The van der Waals surface area contributed by atoms with E-state index in [1.807, 2.05) is 0 Å². The van der Waals surface area contributed by atoms with Crippen molar-refractivity contribution in [3.05, 3.63) is 5.01 Å². The van der Waals surface area contributed by atoms with Crippen molar-refractivity contribution in [1.82, 2.24) is 20.8 Å². The molecule has 21 heavy (non-hydrogen) atoms. The number of nitrogens with zero attached hydrogens (tertiary/aromatic N) is 2. The Morgan fingerprint density at radius 2 is 2.05 bits per heavy atom. The van der Waals surface area contributed by atoms with Gasteiger partial charge < -0.3 is 10.6 Å². The van der Waals surface area contributed by atoms with Gasteiger partial charge in [-0.15, -0.1) is 10.2 Å². The molecule has 114 valence electrons. The fourth-order valence-corrected chi connectivity index (χ4v) is 3.07. The molecule has 0 aliphatic carbocycles. The van der Waals surface area contributed by atoms with Gasteiger partial charge in [-0.25, -0.2) is 4.79 Å². The third-order valence-electron chi connectivity index (χ3n) is 3.27. The highest BCUT2D eigenvalue weighted by Crippen LogP contribution is 2.28. The summed E-state index contributed by atoms with van der Waals surface area (Å²) < 4.78 is 0. The van der Waals surface area contributed by atoms with Crippen LogP contribution in [0.25, 0.3) is 0 Å². The molecule has 3 N–H and O–H groups in total. The molecule has 0 saturated carbocycles. The first-order chi connectivity index (χ1) is 10.0. The third-order valence-corrected chi connectivity index (χ3v) is 4.27. The van der Waals surface area contributed by atoms with E-state index in [2.05, 4.69) is 40.0 Å². The summed E-state index contributed by atoms with van der Waals surface area (Å²) in [6.45, 7) is 4.16. The number of imide groups is 1. The fourth-order valence-electron chi connectivity index (χ4n) is 2.05. The Labute approximate surface area is 125 Å². The van der Waals surface area contributed by atoms with E-state index in [9.17, 15) is 14.4 Å². The topological polar surface area (TPSA) is 113 Å². The number of carbonyl (C=O) groups excluding carboxylic acids is 3. The summed E-state index contributed by atoms with van der Waals surface area (Å²) in [5, 5.41) is 16.4. The molecule has 1 aromatic rings. The number of rotatable bonds is 6. The molecule has 1 unspecified atom stereocenters. The summed E-state index contributed by atoms with van der Waals surface area (Å²) in [5.74, 6) is -0.539. The van der Waals surface area contributed by atoms with E-state index in [1.165, 1.54) is 11.3 Å². The highest BCUT2D eigenvalue weighted by molar-refractivity contribution is 7.15. The van der Waals surface area contributed by atoms with Crippen molar-refractivity contribution in [1.29, 1.82) is 0 Å². The maximum atomic E-state index is 11.8. The Hall–Kier alpha value is -2.03. The van der Waals surface area contributed by atoms with Crippen LogP contribution in [0, 0.1) is 0 Å². The zero-order valence-corrected chi connectivity index (χ0v) is 12.6. The van der Waals surface area contributed by atoms with Crippen LogP contribution >= 0.6 is 11.3 Å². The molecule has 0 radical (unpaired) electrons. The normalized spacial score (nSPS) is 17.8. The van der Waals surface area contributed by atoms with E-state index in [0.717, 1.165) is 17.8 Å². The van der Waals surface area contributed by atoms with Crippen molar-refractivity contribution in [3.63, 3.8) is 0 Å². The SMILES string of the molecule is CCC(CC)c1nnc(NC(=O)CC2NC(=O)NC2=O)s1. The first-order valence-electron chi connectivity index (χ1n) is 6.78. The molecule has 2 rings (SSSR count). The molecule has 1 aliphatic heterocycles. The van der Waals surface area contributed by atoms with E-state index in [4.69, 9.17) is 0 Å². The number of aromatic nitrogens is 2. The van der Waals surface area contributed by atoms with Gasteiger partial charge in [0, 0.05) is 5.92 Å². The van der Waals surface area contributed by atoms with Gasteiger partial charge in [0.15, 0.2) is 0 Å². The number of amides is 4. The monoisotopic (exact) mass is 311 g/mol. The Kier molecular flexibility index (Phi) is 4.84. The zero-order valence-electron chi connectivity index (χ0n) is 11.8. The maximum Gasteiger partial charge on any atom is 0.322 e. The van der Waals surface area contributed by atoms with E-state index in [-0.39, 0.29) is 12.3 Å². The molecular formula is C12H17N5O3S. The lowest BCUT2D eigenvalue weighted by Crippen LogP contribution is -2.33.